The van der Waals surface area contributed by atoms with Crippen molar-refractivity contribution in [2.45, 2.75) is 31.5 Å². The quantitative estimate of drug-likeness (QED) is 0.553. The van der Waals surface area contributed by atoms with E-state index in [0.29, 0.717) is 25.2 Å². The molecule has 14 heavy (non-hydrogen) atoms. The van der Waals surface area contributed by atoms with Crippen LogP contribution in [0.5, 0.6) is 0 Å². The van der Waals surface area contributed by atoms with E-state index in [1.807, 2.05) is 0 Å². The van der Waals surface area contributed by atoms with Crippen molar-refractivity contribution in [2.75, 3.05) is 26.3 Å². The molecule has 2 aliphatic heterocycles. The van der Waals surface area contributed by atoms with Crippen molar-refractivity contribution in [3.05, 3.63) is 0 Å². The van der Waals surface area contributed by atoms with Gasteiger partial charge in [0.15, 0.2) is 0 Å². The molecular weight excluding hydrogens is 180 g/mol. The SMILES string of the molecule is CC1CNCCC1N[C@@H]1COC[C@H]1O. The van der Waals surface area contributed by atoms with Gasteiger partial charge in [0.1, 0.15) is 0 Å². The molecule has 0 bridgehead atoms. The average molecular weight is 200 g/mol. The predicted octanol–water partition coefficient (Wildman–Crippen LogP) is -0.666. The lowest BCUT2D eigenvalue weighted by molar-refractivity contribution is 0.118. The van der Waals surface area contributed by atoms with Gasteiger partial charge in [0.25, 0.3) is 0 Å². The van der Waals surface area contributed by atoms with Crippen molar-refractivity contribution < 1.29 is 9.84 Å². The van der Waals surface area contributed by atoms with Crippen LogP contribution in [0.1, 0.15) is 13.3 Å². The van der Waals surface area contributed by atoms with E-state index in [1.165, 1.54) is 0 Å². The van der Waals surface area contributed by atoms with E-state index < -0.39 is 0 Å². The Morgan fingerprint density at radius 2 is 2.21 bits per heavy atom. The fraction of sp³-hybridized carbons (Fsp3) is 1.00. The van der Waals surface area contributed by atoms with Crippen LogP contribution >= 0.6 is 0 Å². The van der Waals surface area contributed by atoms with E-state index in [1.54, 1.807) is 0 Å². The summed E-state index contributed by atoms with van der Waals surface area (Å²) in [5, 5.41) is 16.5. The van der Waals surface area contributed by atoms with Crippen LogP contribution in [-0.4, -0.2) is 49.6 Å². The van der Waals surface area contributed by atoms with Crippen LogP contribution < -0.4 is 10.6 Å². The third-order valence-corrected chi connectivity index (χ3v) is 3.26. The second kappa shape index (κ2) is 4.57. The Bertz CT molecular complexity index is 189. The highest BCUT2D eigenvalue weighted by Crippen LogP contribution is 2.14. The minimum Gasteiger partial charge on any atom is -0.389 e. The van der Waals surface area contributed by atoms with Gasteiger partial charge in [-0.3, -0.25) is 0 Å². The zero-order chi connectivity index (χ0) is 9.97. The van der Waals surface area contributed by atoms with Crippen LogP contribution in [0.4, 0.5) is 0 Å². The third kappa shape index (κ3) is 2.25. The predicted molar refractivity (Wildman–Crippen MR) is 54.2 cm³/mol. The number of hydrogen-bond acceptors (Lipinski definition) is 4. The molecule has 0 aromatic carbocycles. The summed E-state index contributed by atoms with van der Waals surface area (Å²) in [4.78, 5) is 0. The summed E-state index contributed by atoms with van der Waals surface area (Å²) in [5.74, 6) is 0.636. The summed E-state index contributed by atoms with van der Waals surface area (Å²) in [5.41, 5.74) is 0. The molecule has 0 aliphatic carbocycles. The molecule has 82 valence electrons. The lowest BCUT2D eigenvalue weighted by atomic mass is 9.94. The first-order valence-corrected chi connectivity index (χ1v) is 5.50. The van der Waals surface area contributed by atoms with Gasteiger partial charge in [0.2, 0.25) is 0 Å². The van der Waals surface area contributed by atoms with E-state index in [4.69, 9.17) is 4.74 Å². The van der Waals surface area contributed by atoms with Gasteiger partial charge in [-0.15, -0.1) is 0 Å². The number of ether oxygens (including phenoxy) is 1. The Hall–Kier alpha value is -0.160. The maximum absolute atomic E-state index is 9.60. The van der Waals surface area contributed by atoms with Gasteiger partial charge in [-0.05, 0) is 25.4 Å². The Labute approximate surface area is 85.0 Å². The minimum atomic E-state index is -0.322. The molecule has 0 radical (unpaired) electrons. The summed E-state index contributed by atoms with van der Waals surface area (Å²) >= 11 is 0. The molecule has 4 atom stereocenters. The Morgan fingerprint density at radius 1 is 1.36 bits per heavy atom. The fourth-order valence-corrected chi connectivity index (χ4v) is 2.24. The van der Waals surface area contributed by atoms with Crippen molar-refractivity contribution >= 4 is 0 Å². The van der Waals surface area contributed by atoms with E-state index in [0.717, 1.165) is 19.5 Å². The van der Waals surface area contributed by atoms with E-state index in [9.17, 15) is 5.11 Å². The van der Waals surface area contributed by atoms with Crippen LogP contribution in [0.2, 0.25) is 0 Å². The van der Waals surface area contributed by atoms with Gasteiger partial charge >= 0.3 is 0 Å². The molecule has 0 aromatic heterocycles. The zero-order valence-electron chi connectivity index (χ0n) is 8.70. The van der Waals surface area contributed by atoms with Crippen LogP contribution in [-0.2, 0) is 4.74 Å². The minimum absolute atomic E-state index is 0.139. The second-order valence-electron chi connectivity index (χ2n) is 4.45. The molecule has 0 spiro atoms. The van der Waals surface area contributed by atoms with Gasteiger partial charge in [-0.25, -0.2) is 0 Å². The molecule has 2 rings (SSSR count). The molecule has 4 heteroatoms. The third-order valence-electron chi connectivity index (χ3n) is 3.26. The topological polar surface area (TPSA) is 53.5 Å². The van der Waals surface area contributed by atoms with E-state index >= 15 is 0 Å². The molecule has 0 amide bonds. The van der Waals surface area contributed by atoms with Gasteiger partial charge < -0.3 is 20.5 Å². The standard InChI is InChI=1S/C10H20N2O2/c1-7-4-11-3-2-8(7)12-9-5-14-6-10(9)13/h7-13H,2-6H2,1H3/t7?,8?,9-,10-/m1/s1. The maximum Gasteiger partial charge on any atom is 0.0948 e. The van der Waals surface area contributed by atoms with Gasteiger partial charge in [0, 0.05) is 6.04 Å². The lowest BCUT2D eigenvalue weighted by Gasteiger charge is -2.33. The van der Waals surface area contributed by atoms with Crippen molar-refractivity contribution in [3.63, 3.8) is 0 Å². The molecule has 0 aromatic rings. The Kier molecular flexibility index (Phi) is 3.38. The normalized spacial score (nSPS) is 44.1. The van der Waals surface area contributed by atoms with Gasteiger partial charge in [-0.1, -0.05) is 6.92 Å². The average Bonchev–Trinajstić information content (AvgIpc) is 2.56. The van der Waals surface area contributed by atoms with Crippen LogP contribution in [0.3, 0.4) is 0 Å². The van der Waals surface area contributed by atoms with Gasteiger partial charge in [0.05, 0.1) is 25.4 Å². The first-order chi connectivity index (χ1) is 6.77. The van der Waals surface area contributed by atoms with Crippen LogP contribution in [0.25, 0.3) is 0 Å². The van der Waals surface area contributed by atoms with Crippen LogP contribution in [0.15, 0.2) is 0 Å². The molecule has 2 saturated heterocycles. The lowest BCUT2D eigenvalue weighted by Crippen LogP contribution is -2.52. The smallest absolute Gasteiger partial charge is 0.0948 e. The molecule has 2 heterocycles. The summed E-state index contributed by atoms with van der Waals surface area (Å²) in [6, 6.07) is 0.665. The summed E-state index contributed by atoms with van der Waals surface area (Å²) in [7, 11) is 0. The number of hydrogen-bond donors (Lipinski definition) is 3. The van der Waals surface area contributed by atoms with Gasteiger partial charge in [-0.2, -0.15) is 0 Å². The second-order valence-corrected chi connectivity index (χ2v) is 4.45. The number of aliphatic hydroxyl groups excluding tert-OH is 1. The molecular formula is C10H20N2O2. The first-order valence-electron chi connectivity index (χ1n) is 5.50. The van der Waals surface area contributed by atoms with Crippen molar-refractivity contribution in [2.24, 2.45) is 5.92 Å². The Morgan fingerprint density at radius 3 is 2.86 bits per heavy atom. The van der Waals surface area contributed by atoms with Crippen molar-refractivity contribution in [1.29, 1.82) is 0 Å². The van der Waals surface area contributed by atoms with Crippen molar-refractivity contribution in [1.82, 2.24) is 10.6 Å². The fourth-order valence-electron chi connectivity index (χ4n) is 2.24. The molecule has 4 nitrogen and oxygen atoms in total. The molecule has 0 saturated carbocycles. The maximum atomic E-state index is 9.60. The molecule has 2 fully saturated rings. The molecule has 2 aliphatic rings. The first kappa shape index (κ1) is 10.4. The van der Waals surface area contributed by atoms with Crippen molar-refractivity contribution in [3.8, 4) is 0 Å². The highest BCUT2D eigenvalue weighted by Gasteiger charge is 2.30. The van der Waals surface area contributed by atoms with E-state index in [2.05, 4.69) is 17.6 Å². The zero-order valence-corrected chi connectivity index (χ0v) is 8.70. The number of rotatable bonds is 2. The number of aliphatic hydroxyl groups is 1. The summed E-state index contributed by atoms with van der Waals surface area (Å²) in [6.07, 6.45) is 0.821. The molecule has 2 unspecified atom stereocenters. The monoisotopic (exact) mass is 200 g/mol. The summed E-state index contributed by atoms with van der Waals surface area (Å²) in [6.45, 7) is 5.52. The van der Waals surface area contributed by atoms with E-state index in [-0.39, 0.29) is 12.1 Å². The van der Waals surface area contributed by atoms with Crippen LogP contribution in [0, 0.1) is 5.92 Å². The Balaban J connectivity index is 1.83. The largest absolute Gasteiger partial charge is 0.389 e. The summed E-state index contributed by atoms with van der Waals surface area (Å²) < 4.78 is 5.22. The number of nitrogens with one attached hydrogen (secondary N) is 2. The molecule has 3 N–H and O–H groups in total. The highest BCUT2D eigenvalue weighted by molar-refractivity contribution is 4.88. The number of piperidine rings is 1. The highest BCUT2D eigenvalue weighted by atomic mass is 16.5.